The van der Waals surface area contributed by atoms with Crippen molar-refractivity contribution in [2.24, 2.45) is 0 Å². The van der Waals surface area contributed by atoms with Crippen LogP contribution >= 0.6 is 22.6 Å². The van der Waals surface area contributed by atoms with Crippen molar-refractivity contribution < 1.29 is 9.13 Å². The van der Waals surface area contributed by atoms with Crippen molar-refractivity contribution >= 4 is 22.6 Å². The molecule has 0 atom stereocenters. The van der Waals surface area contributed by atoms with Crippen LogP contribution < -0.4 is 0 Å². The summed E-state index contributed by atoms with van der Waals surface area (Å²) in [6.45, 7) is 4.71. The van der Waals surface area contributed by atoms with E-state index in [9.17, 15) is 4.39 Å². The van der Waals surface area contributed by atoms with E-state index in [0.717, 1.165) is 54.8 Å². The number of nitrogens with zero attached hydrogens (tertiary/aromatic N) is 1. The summed E-state index contributed by atoms with van der Waals surface area (Å²) >= 11 is 2.21. The highest BCUT2D eigenvalue weighted by atomic mass is 127. The van der Waals surface area contributed by atoms with E-state index in [2.05, 4.69) is 27.5 Å². The number of hydrogen-bond donors (Lipinski definition) is 0. The first-order valence-electron chi connectivity index (χ1n) is 6.00. The first-order valence-corrected chi connectivity index (χ1v) is 7.08. The number of rotatable bonds is 4. The summed E-state index contributed by atoms with van der Waals surface area (Å²) in [4.78, 5) is 2.39. The zero-order valence-electron chi connectivity index (χ0n) is 9.79. The highest BCUT2D eigenvalue weighted by Crippen LogP contribution is 2.17. The Hall–Kier alpha value is -0.200. The largest absolute Gasteiger partial charge is 0.379 e. The maximum atomic E-state index is 13.6. The second kappa shape index (κ2) is 6.66. The second-order valence-corrected chi connectivity index (χ2v) is 5.42. The number of benzene rings is 1. The minimum atomic E-state index is -0.0705. The molecule has 1 fully saturated rings. The van der Waals surface area contributed by atoms with Gasteiger partial charge in [0, 0.05) is 22.2 Å². The number of ether oxygens (including phenoxy) is 1. The van der Waals surface area contributed by atoms with Crippen LogP contribution in [0.25, 0.3) is 0 Å². The molecule has 2 rings (SSSR count). The average molecular weight is 349 g/mol. The molecule has 1 aliphatic rings. The van der Waals surface area contributed by atoms with Crippen LogP contribution in [-0.4, -0.2) is 37.7 Å². The first kappa shape index (κ1) is 13.2. The van der Waals surface area contributed by atoms with Crippen molar-refractivity contribution in [2.75, 3.05) is 32.8 Å². The predicted octanol–water partition coefficient (Wildman–Crippen LogP) is 2.70. The van der Waals surface area contributed by atoms with Crippen LogP contribution in [0, 0.1) is 9.39 Å². The molecule has 0 unspecified atom stereocenters. The van der Waals surface area contributed by atoms with Gasteiger partial charge in [-0.1, -0.05) is 6.07 Å². The minimum absolute atomic E-state index is 0.0705. The fraction of sp³-hybridized carbons (Fsp3) is 0.538. The summed E-state index contributed by atoms with van der Waals surface area (Å²) in [7, 11) is 0. The molecule has 1 aromatic rings. The van der Waals surface area contributed by atoms with Gasteiger partial charge in [0.25, 0.3) is 0 Å². The summed E-state index contributed by atoms with van der Waals surface area (Å²) in [5, 5.41) is 0. The lowest BCUT2D eigenvalue weighted by Gasteiger charge is -2.26. The quantitative estimate of drug-likeness (QED) is 0.775. The van der Waals surface area contributed by atoms with Crippen LogP contribution in [0.2, 0.25) is 0 Å². The van der Waals surface area contributed by atoms with E-state index in [0.29, 0.717) is 0 Å². The highest BCUT2D eigenvalue weighted by Gasteiger charge is 2.11. The van der Waals surface area contributed by atoms with Crippen LogP contribution in [0.15, 0.2) is 18.2 Å². The van der Waals surface area contributed by atoms with Gasteiger partial charge in [-0.05, 0) is 54.1 Å². The Morgan fingerprint density at radius 3 is 2.76 bits per heavy atom. The zero-order valence-corrected chi connectivity index (χ0v) is 12.0. The van der Waals surface area contributed by atoms with Crippen molar-refractivity contribution in [3.05, 3.63) is 33.1 Å². The Labute approximate surface area is 115 Å². The highest BCUT2D eigenvalue weighted by molar-refractivity contribution is 14.1. The SMILES string of the molecule is Fc1cccc(I)c1CCCN1CCOCC1. The molecule has 0 N–H and O–H groups in total. The number of hydrogen-bond acceptors (Lipinski definition) is 2. The Balaban J connectivity index is 1.81. The Kier molecular flexibility index (Phi) is 5.18. The van der Waals surface area contributed by atoms with Gasteiger partial charge in [-0.2, -0.15) is 0 Å². The van der Waals surface area contributed by atoms with E-state index in [1.165, 1.54) is 0 Å². The summed E-state index contributed by atoms with van der Waals surface area (Å²) in [6, 6.07) is 5.28. The van der Waals surface area contributed by atoms with Gasteiger partial charge in [-0.25, -0.2) is 4.39 Å². The molecular formula is C13H17FINO. The third-order valence-electron chi connectivity index (χ3n) is 3.07. The van der Waals surface area contributed by atoms with Crippen LogP contribution in [0.5, 0.6) is 0 Å². The van der Waals surface area contributed by atoms with Crippen molar-refractivity contribution in [3.8, 4) is 0 Å². The molecule has 0 spiro atoms. The number of halogens is 2. The van der Waals surface area contributed by atoms with E-state index < -0.39 is 0 Å². The predicted molar refractivity (Wildman–Crippen MR) is 74.7 cm³/mol. The maximum Gasteiger partial charge on any atom is 0.127 e. The second-order valence-electron chi connectivity index (χ2n) is 4.26. The summed E-state index contributed by atoms with van der Waals surface area (Å²) in [5.74, 6) is -0.0705. The van der Waals surface area contributed by atoms with E-state index in [1.807, 2.05) is 6.07 Å². The first-order chi connectivity index (χ1) is 8.27. The van der Waals surface area contributed by atoms with E-state index >= 15 is 0 Å². The van der Waals surface area contributed by atoms with E-state index in [-0.39, 0.29) is 5.82 Å². The minimum Gasteiger partial charge on any atom is -0.379 e. The third kappa shape index (κ3) is 3.89. The Morgan fingerprint density at radius 1 is 1.29 bits per heavy atom. The molecule has 0 radical (unpaired) electrons. The summed E-state index contributed by atoms with van der Waals surface area (Å²) < 4.78 is 19.9. The monoisotopic (exact) mass is 349 g/mol. The Bertz CT molecular complexity index is 346. The maximum absolute atomic E-state index is 13.6. The van der Waals surface area contributed by atoms with Gasteiger partial charge in [-0.3, -0.25) is 4.90 Å². The van der Waals surface area contributed by atoms with Crippen molar-refractivity contribution in [2.45, 2.75) is 12.8 Å². The Morgan fingerprint density at radius 2 is 2.06 bits per heavy atom. The van der Waals surface area contributed by atoms with Crippen molar-refractivity contribution in [1.29, 1.82) is 0 Å². The molecule has 1 saturated heterocycles. The third-order valence-corrected chi connectivity index (χ3v) is 4.08. The summed E-state index contributed by atoms with van der Waals surface area (Å²) in [5.41, 5.74) is 0.862. The van der Waals surface area contributed by atoms with Gasteiger partial charge < -0.3 is 4.74 Å². The number of morpholine rings is 1. The zero-order chi connectivity index (χ0) is 12.1. The molecule has 2 nitrogen and oxygen atoms in total. The van der Waals surface area contributed by atoms with Gasteiger partial charge in [0.2, 0.25) is 0 Å². The molecule has 0 saturated carbocycles. The topological polar surface area (TPSA) is 12.5 Å². The molecule has 0 aliphatic carbocycles. The van der Waals surface area contributed by atoms with Crippen molar-refractivity contribution in [1.82, 2.24) is 4.90 Å². The fourth-order valence-electron chi connectivity index (χ4n) is 2.08. The van der Waals surface area contributed by atoms with E-state index in [1.54, 1.807) is 12.1 Å². The summed E-state index contributed by atoms with van der Waals surface area (Å²) in [6.07, 6.45) is 1.83. The molecule has 0 bridgehead atoms. The molecule has 1 aromatic carbocycles. The lowest BCUT2D eigenvalue weighted by atomic mass is 10.1. The van der Waals surface area contributed by atoms with Gasteiger partial charge >= 0.3 is 0 Å². The lowest BCUT2D eigenvalue weighted by molar-refractivity contribution is 0.0374. The van der Waals surface area contributed by atoms with Crippen LogP contribution in [0.4, 0.5) is 4.39 Å². The molecule has 0 amide bonds. The molecule has 94 valence electrons. The van der Waals surface area contributed by atoms with E-state index in [4.69, 9.17) is 4.74 Å². The van der Waals surface area contributed by atoms with Gasteiger partial charge in [0.1, 0.15) is 5.82 Å². The molecule has 17 heavy (non-hydrogen) atoms. The van der Waals surface area contributed by atoms with Crippen LogP contribution in [-0.2, 0) is 11.2 Å². The molecule has 0 aromatic heterocycles. The standard InChI is InChI=1S/C13H17FINO/c14-12-4-1-5-13(15)11(12)3-2-6-16-7-9-17-10-8-16/h1,4-5H,2-3,6-10H2. The van der Waals surface area contributed by atoms with Crippen molar-refractivity contribution in [3.63, 3.8) is 0 Å². The average Bonchev–Trinajstić information content (AvgIpc) is 2.34. The van der Waals surface area contributed by atoms with Gasteiger partial charge in [0.15, 0.2) is 0 Å². The molecule has 1 heterocycles. The van der Waals surface area contributed by atoms with Gasteiger partial charge in [-0.15, -0.1) is 0 Å². The van der Waals surface area contributed by atoms with Gasteiger partial charge in [0.05, 0.1) is 13.2 Å². The molecule has 1 aliphatic heterocycles. The molecule has 4 heteroatoms. The lowest BCUT2D eigenvalue weighted by Crippen LogP contribution is -2.37. The normalized spacial score (nSPS) is 17.3. The molecular weight excluding hydrogens is 332 g/mol. The smallest absolute Gasteiger partial charge is 0.127 e. The van der Waals surface area contributed by atoms with Crippen LogP contribution in [0.1, 0.15) is 12.0 Å². The fourth-order valence-corrected chi connectivity index (χ4v) is 2.81. The van der Waals surface area contributed by atoms with Crippen LogP contribution in [0.3, 0.4) is 0 Å².